The Morgan fingerprint density at radius 3 is 2.62 bits per heavy atom. The minimum Gasteiger partial charge on any atom is -0.134 e. The average molecular weight is 238 g/mol. The van der Waals surface area contributed by atoms with Crippen molar-refractivity contribution in [1.29, 1.82) is 0 Å². The maximum Gasteiger partial charge on any atom is 0.0656 e. The zero-order valence-electron chi connectivity index (χ0n) is 4.65. The molecule has 0 bridgehead atoms. The fourth-order valence-corrected chi connectivity index (χ4v) is 2.24. The third kappa shape index (κ3) is 1.45. The van der Waals surface area contributed by atoms with Gasteiger partial charge in [0.05, 0.1) is 2.88 Å². The number of rotatable bonds is 1. The third-order valence-corrected chi connectivity index (χ3v) is 3.02. The van der Waals surface area contributed by atoms with Crippen molar-refractivity contribution >= 4 is 33.9 Å². The van der Waals surface area contributed by atoms with Gasteiger partial charge in [0.15, 0.2) is 0 Å². The first-order valence-electron chi connectivity index (χ1n) is 2.57. The minimum atomic E-state index is 1.17. The van der Waals surface area contributed by atoms with Crippen LogP contribution in [0.15, 0.2) is 12.1 Å². The van der Waals surface area contributed by atoms with Crippen molar-refractivity contribution in [3.05, 3.63) is 19.9 Å². The van der Waals surface area contributed by atoms with Gasteiger partial charge in [0.1, 0.15) is 0 Å². The average Bonchev–Trinajstić information content (AvgIpc) is 2.14. The summed E-state index contributed by atoms with van der Waals surface area (Å²) in [6, 6.07) is 4.34. The Kier molecular flexibility index (Phi) is 2.31. The van der Waals surface area contributed by atoms with Crippen LogP contribution in [0.1, 0.15) is 11.8 Å². The van der Waals surface area contributed by atoms with Gasteiger partial charge in [0, 0.05) is 4.88 Å². The van der Waals surface area contributed by atoms with E-state index in [1.54, 1.807) is 0 Å². The highest BCUT2D eigenvalue weighted by Crippen LogP contribution is 2.17. The predicted molar refractivity (Wildman–Crippen MR) is 46.4 cm³/mol. The standard InChI is InChI=1S/C6H7IS/c1-2-5-3-4-6(7)8-5/h3-4H,2H2,1H3. The lowest BCUT2D eigenvalue weighted by molar-refractivity contribution is 1.19. The van der Waals surface area contributed by atoms with Crippen molar-refractivity contribution < 1.29 is 0 Å². The van der Waals surface area contributed by atoms with Gasteiger partial charge in [-0.05, 0) is 41.1 Å². The molecule has 0 spiro atoms. The molecule has 1 heterocycles. The van der Waals surface area contributed by atoms with E-state index in [9.17, 15) is 0 Å². The highest BCUT2D eigenvalue weighted by atomic mass is 127. The molecule has 0 saturated heterocycles. The minimum absolute atomic E-state index is 1.17. The van der Waals surface area contributed by atoms with Gasteiger partial charge in [-0.2, -0.15) is 0 Å². The van der Waals surface area contributed by atoms with Crippen molar-refractivity contribution in [2.75, 3.05) is 0 Å². The zero-order valence-corrected chi connectivity index (χ0v) is 7.62. The summed E-state index contributed by atoms with van der Waals surface area (Å²) in [5.41, 5.74) is 0. The number of halogens is 1. The van der Waals surface area contributed by atoms with E-state index in [1.165, 1.54) is 14.2 Å². The molecule has 0 amide bonds. The summed E-state index contributed by atoms with van der Waals surface area (Å²) in [7, 11) is 0. The Morgan fingerprint density at radius 1 is 1.62 bits per heavy atom. The summed E-state index contributed by atoms with van der Waals surface area (Å²) in [4.78, 5) is 1.48. The number of hydrogen-bond donors (Lipinski definition) is 0. The van der Waals surface area contributed by atoms with Crippen LogP contribution >= 0.6 is 33.9 Å². The van der Waals surface area contributed by atoms with E-state index in [1.807, 2.05) is 11.3 Å². The molecular weight excluding hydrogens is 231 g/mol. The second kappa shape index (κ2) is 2.82. The fourth-order valence-electron chi connectivity index (χ4n) is 0.542. The van der Waals surface area contributed by atoms with Crippen LogP contribution in [0.4, 0.5) is 0 Å². The van der Waals surface area contributed by atoms with E-state index in [2.05, 4.69) is 41.6 Å². The smallest absolute Gasteiger partial charge is 0.0656 e. The summed E-state index contributed by atoms with van der Waals surface area (Å²) < 4.78 is 1.39. The molecular formula is C6H7IS. The molecule has 1 aromatic heterocycles. The Hall–Kier alpha value is 0.430. The van der Waals surface area contributed by atoms with E-state index >= 15 is 0 Å². The maximum absolute atomic E-state index is 2.34. The van der Waals surface area contributed by atoms with Crippen LogP contribution < -0.4 is 0 Å². The number of aryl methyl sites for hydroxylation is 1. The third-order valence-electron chi connectivity index (χ3n) is 0.977. The molecule has 8 heavy (non-hydrogen) atoms. The van der Waals surface area contributed by atoms with Crippen LogP contribution in [0.25, 0.3) is 0 Å². The van der Waals surface area contributed by atoms with Gasteiger partial charge < -0.3 is 0 Å². The molecule has 0 nitrogen and oxygen atoms in total. The molecule has 0 atom stereocenters. The highest BCUT2D eigenvalue weighted by molar-refractivity contribution is 14.1. The highest BCUT2D eigenvalue weighted by Gasteiger charge is 1.90. The lowest BCUT2D eigenvalue weighted by Crippen LogP contribution is -1.63. The molecule has 1 rings (SSSR count). The molecule has 0 aromatic carbocycles. The van der Waals surface area contributed by atoms with Crippen molar-refractivity contribution in [2.45, 2.75) is 13.3 Å². The normalized spacial score (nSPS) is 9.75. The van der Waals surface area contributed by atoms with Crippen LogP contribution in [0.2, 0.25) is 0 Å². The first-order valence-corrected chi connectivity index (χ1v) is 4.46. The van der Waals surface area contributed by atoms with Crippen LogP contribution in [-0.4, -0.2) is 0 Å². The van der Waals surface area contributed by atoms with Gasteiger partial charge in [-0.15, -0.1) is 11.3 Å². The van der Waals surface area contributed by atoms with Crippen LogP contribution in [-0.2, 0) is 6.42 Å². The molecule has 0 radical (unpaired) electrons. The lowest BCUT2D eigenvalue weighted by Gasteiger charge is -1.79. The summed E-state index contributed by atoms with van der Waals surface area (Å²) in [5, 5.41) is 0. The molecule has 2 heteroatoms. The predicted octanol–water partition coefficient (Wildman–Crippen LogP) is 2.92. The Labute approximate surface area is 67.1 Å². The SMILES string of the molecule is CCc1ccc(I)s1. The van der Waals surface area contributed by atoms with Gasteiger partial charge in [0.2, 0.25) is 0 Å². The topological polar surface area (TPSA) is 0 Å². The largest absolute Gasteiger partial charge is 0.134 e. The summed E-state index contributed by atoms with van der Waals surface area (Å²) in [5.74, 6) is 0. The quantitative estimate of drug-likeness (QED) is 0.660. The van der Waals surface area contributed by atoms with Crippen molar-refractivity contribution in [3.8, 4) is 0 Å². The molecule has 0 aliphatic heterocycles. The molecule has 1 aromatic rings. The van der Waals surface area contributed by atoms with E-state index in [0.717, 1.165) is 0 Å². The molecule has 0 unspecified atom stereocenters. The van der Waals surface area contributed by atoms with Crippen molar-refractivity contribution in [1.82, 2.24) is 0 Å². The Balaban J connectivity index is 2.84. The number of hydrogen-bond acceptors (Lipinski definition) is 1. The van der Waals surface area contributed by atoms with E-state index in [0.29, 0.717) is 0 Å². The Morgan fingerprint density at radius 2 is 2.38 bits per heavy atom. The van der Waals surface area contributed by atoms with Gasteiger partial charge in [0.25, 0.3) is 0 Å². The summed E-state index contributed by atoms with van der Waals surface area (Å²) in [6.45, 7) is 2.18. The van der Waals surface area contributed by atoms with Gasteiger partial charge in [-0.25, -0.2) is 0 Å². The van der Waals surface area contributed by atoms with Crippen LogP contribution in [0.3, 0.4) is 0 Å². The zero-order chi connectivity index (χ0) is 5.98. The lowest BCUT2D eigenvalue weighted by atomic mass is 10.4. The van der Waals surface area contributed by atoms with Crippen LogP contribution in [0, 0.1) is 2.88 Å². The molecule has 0 N–H and O–H groups in total. The van der Waals surface area contributed by atoms with Gasteiger partial charge in [-0.3, -0.25) is 0 Å². The first kappa shape index (κ1) is 6.55. The molecule has 0 saturated carbocycles. The van der Waals surface area contributed by atoms with Crippen molar-refractivity contribution in [2.24, 2.45) is 0 Å². The molecule has 0 aliphatic carbocycles. The van der Waals surface area contributed by atoms with Gasteiger partial charge >= 0.3 is 0 Å². The monoisotopic (exact) mass is 238 g/mol. The van der Waals surface area contributed by atoms with Crippen molar-refractivity contribution in [3.63, 3.8) is 0 Å². The van der Waals surface area contributed by atoms with Crippen LogP contribution in [0.5, 0.6) is 0 Å². The molecule has 0 aliphatic rings. The van der Waals surface area contributed by atoms with E-state index in [-0.39, 0.29) is 0 Å². The maximum atomic E-state index is 2.34. The summed E-state index contributed by atoms with van der Waals surface area (Å²) >= 11 is 4.22. The first-order chi connectivity index (χ1) is 3.83. The second-order valence-electron chi connectivity index (χ2n) is 1.56. The Bertz CT molecular complexity index is 169. The fraction of sp³-hybridized carbons (Fsp3) is 0.333. The molecule has 44 valence electrons. The van der Waals surface area contributed by atoms with Gasteiger partial charge in [-0.1, -0.05) is 6.92 Å². The molecule has 0 fully saturated rings. The summed E-state index contributed by atoms with van der Waals surface area (Å²) in [6.07, 6.45) is 1.17. The van der Waals surface area contributed by atoms with E-state index in [4.69, 9.17) is 0 Å². The second-order valence-corrected chi connectivity index (χ2v) is 4.62. The number of thiophene rings is 1. The van der Waals surface area contributed by atoms with E-state index < -0.39 is 0 Å².